The second-order valence-corrected chi connectivity index (χ2v) is 5.72. The van der Waals surface area contributed by atoms with Crippen molar-refractivity contribution in [1.82, 2.24) is 4.98 Å². The number of ether oxygens (including phenoxy) is 4. The maximum absolute atomic E-state index is 12.2. The second kappa shape index (κ2) is 8.37. The lowest BCUT2D eigenvalue weighted by Gasteiger charge is -2.22. The predicted molar refractivity (Wildman–Crippen MR) is 87.3 cm³/mol. The highest BCUT2D eigenvalue weighted by atomic mass is 19.4. The summed E-state index contributed by atoms with van der Waals surface area (Å²) in [5, 5.41) is 0. The van der Waals surface area contributed by atoms with E-state index in [0.29, 0.717) is 32.2 Å². The third-order valence-corrected chi connectivity index (χ3v) is 3.62. The molecule has 2 aromatic rings. The molecule has 0 radical (unpaired) electrons. The van der Waals surface area contributed by atoms with Crippen molar-refractivity contribution in [2.45, 2.75) is 12.3 Å². The van der Waals surface area contributed by atoms with E-state index in [1.807, 2.05) is 6.07 Å². The Morgan fingerprint density at radius 1 is 1.00 bits per heavy atom. The van der Waals surface area contributed by atoms with E-state index in [2.05, 4.69) is 4.98 Å². The summed E-state index contributed by atoms with van der Waals surface area (Å²) >= 11 is 0. The number of nitrogens with zero attached hydrogens (tertiary/aromatic N) is 1. The summed E-state index contributed by atoms with van der Waals surface area (Å²) < 4.78 is 57.7. The molecule has 1 aromatic carbocycles. The van der Waals surface area contributed by atoms with Crippen LogP contribution < -0.4 is 9.47 Å². The van der Waals surface area contributed by atoms with Crippen LogP contribution in [0, 0.1) is 0 Å². The Morgan fingerprint density at radius 2 is 1.81 bits per heavy atom. The summed E-state index contributed by atoms with van der Waals surface area (Å²) in [7, 11) is 0. The summed E-state index contributed by atoms with van der Waals surface area (Å²) in [6.45, 7) is 0.678. The third-order valence-electron chi connectivity index (χ3n) is 3.62. The van der Waals surface area contributed by atoms with Gasteiger partial charge in [-0.25, -0.2) is 0 Å². The van der Waals surface area contributed by atoms with Crippen LogP contribution >= 0.6 is 0 Å². The molecule has 0 bridgehead atoms. The molecule has 26 heavy (non-hydrogen) atoms. The molecule has 2 heterocycles. The summed E-state index contributed by atoms with van der Waals surface area (Å²) in [6.07, 6.45) is -1.23. The molecule has 1 aromatic heterocycles. The fourth-order valence-corrected chi connectivity index (χ4v) is 2.39. The normalized spacial score (nSPS) is 17.7. The molecular weight excluding hydrogens is 351 g/mol. The van der Waals surface area contributed by atoms with Gasteiger partial charge in [-0.05, 0) is 23.8 Å². The average molecular weight is 369 g/mol. The zero-order chi connectivity index (χ0) is 18.4. The molecule has 1 fully saturated rings. The molecule has 0 spiro atoms. The van der Waals surface area contributed by atoms with Gasteiger partial charge >= 0.3 is 6.18 Å². The van der Waals surface area contributed by atoms with Crippen LogP contribution in [0.3, 0.4) is 0 Å². The lowest BCUT2D eigenvalue weighted by molar-refractivity contribution is -0.153. The zero-order valence-corrected chi connectivity index (χ0v) is 13.9. The molecule has 1 atom stereocenters. The van der Waals surface area contributed by atoms with Crippen LogP contribution in [-0.2, 0) is 9.47 Å². The molecule has 1 aliphatic rings. The van der Waals surface area contributed by atoms with Gasteiger partial charge in [0.2, 0.25) is 0 Å². The number of alkyl halides is 3. The van der Waals surface area contributed by atoms with Gasteiger partial charge < -0.3 is 18.9 Å². The van der Waals surface area contributed by atoms with Crippen molar-refractivity contribution >= 4 is 0 Å². The molecule has 3 rings (SSSR count). The van der Waals surface area contributed by atoms with E-state index in [-0.39, 0.29) is 11.9 Å². The standard InChI is InChI=1S/C18H18F3NO4/c19-18(20,21)12-26-15-3-1-13(2-4-15)14-7-16(9-22-8-14)25-11-17-10-23-5-6-24-17/h1-4,7-9,17H,5-6,10-12H2. The lowest BCUT2D eigenvalue weighted by atomic mass is 10.1. The molecule has 0 amide bonds. The van der Waals surface area contributed by atoms with Gasteiger partial charge in [-0.3, -0.25) is 4.98 Å². The Kier molecular flexibility index (Phi) is 5.95. The van der Waals surface area contributed by atoms with E-state index in [1.165, 1.54) is 12.1 Å². The van der Waals surface area contributed by atoms with Crippen LogP contribution in [0.1, 0.15) is 0 Å². The van der Waals surface area contributed by atoms with Crippen molar-refractivity contribution < 1.29 is 32.1 Å². The van der Waals surface area contributed by atoms with Crippen molar-refractivity contribution in [3.63, 3.8) is 0 Å². The molecule has 0 N–H and O–H groups in total. The number of hydrogen-bond acceptors (Lipinski definition) is 5. The minimum atomic E-state index is -4.36. The first-order valence-corrected chi connectivity index (χ1v) is 8.07. The summed E-state index contributed by atoms with van der Waals surface area (Å²) in [6, 6.07) is 8.13. The van der Waals surface area contributed by atoms with E-state index < -0.39 is 12.8 Å². The van der Waals surface area contributed by atoms with Crippen LogP contribution in [0.2, 0.25) is 0 Å². The highest BCUT2D eigenvalue weighted by molar-refractivity contribution is 5.64. The highest BCUT2D eigenvalue weighted by Crippen LogP contribution is 2.26. The number of hydrogen-bond donors (Lipinski definition) is 0. The van der Waals surface area contributed by atoms with Gasteiger partial charge in [0.15, 0.2) is 6.61 Å². The third kappa shape index (κ3) is 5.60. The van der Waals surface area contributed by atoms with Gasteiger partial charge in [-0.1, -0.05) is 12.1 Å². The van der Waals surface area contributed by atoms with E-state index in [0.717, 1.165) is 11.1 Å². The fraction of sp³-hybridized carbons (Fsp3) is 0.389. The lowest BCUT2D eigenvalue weighted by Crippen LogP contribution is -2.33. The highest BCUT2D eigenvalue weighted by Gasteiger charge is 2.28. The van der Waals surface area contributed by atoms with Gasteiger partial charge in [-0.2, -0.15) is 13.2 Å². The Balaban J connectivity index is 1.60. The molecule has 1 saturated heterocycles. The van der Waals surface area contributed by atoms with Gasteiger partial charge in [-0.15, -0.1) is 0 Å². The Labute approximate surface area is 148 Å². The minimum Gasteiger partial charge on any atom is -0.489 e. The van der Waals surface area contributed by atoms with Gasteiger partial charge in [0.25, 0.3) is 0 Å². The molecule has 0 aliphatic carbocycles. The number of rotatable bonds is 6. The van der Waals surface area contributed by atoms with Gasteiger partial charge in [0, 0.05) is 11.8 Å². The maximum Gasteiger partial charge on any atom is 0.422 e. The number of benzene rings is 1. The quantitative estimate of drug-likeness (QED) is 0.780. The van der Waals surface area contributed by atoms with Gasteiger partial charge in [0.05, 0.1) is 26.0 Å². The van der Waals surface area contributed by atoms with Crippen LogP contribution in [0.15, 0.2) is 42.7 Å². The summed E-state index contributed by atoms with van der Waals surface area (Å²) in [4.78, 5) is 4.14. The van der Waals surface area contributed by atoms with Gasteiger partial charge in [0.1, 0.15) is 24.2 Å². The number of halogens is 3. The largest absolute Gasteiger partial charge is 0.489 e. The summed E-state index contributed by atoms with van der Waals surface area (Å²) in [5.41, 5.74) is 1.57. The van der Waals surface area contributed by atoms with Crippen molar-refractivity contribution in [3.8, 4) is 22.6 Å². The molecule has 8 heteroatoms. The monoisotopic (exact) mass is 369 g/mol. The van der Waals surface area contributed by atoms with E-state index in [9.17, 15) is 13.2 Å². The van der Waals surface area contributed by atoms with Crippen LogP contribution in [0.25, 0.3) is 11.1 Å². The van der Waals surface area contributed by atoms with Crippen LogP contribution in [-0.4, -0.2) is 50.3 Å². The molecule has 5 nitrogen and oxygen atoms in total. The molecule has 1 unspecified atom stereocenters. The maximum atomic E-state index is 12.2. The van der Waals surface area contributed by atoms with Crippen molar-refractivity contribution in [2.75, 3.05) is 33.0 Å². The first kappa shape index (κ1) is 18.5. The topological polar surface area (TPSA) is 49.8 Å². The SMILES string of the molecule is FC(F)(F)COc1ccc(-c2cncc(OCC3COCCO3)c2)cc1. The van der Waals surface area contributed by atoms with Crippen molar-refractivity contribution in [3.05, 3.63) is 42.7 Å². The fourth-order valence-electron chi connectivity index (χ4n) is 2.39. The van der Waals surface area contributed by atoms with Crippen LogP contribution in [0.5, 0.6) is 11.5 Å². The number of aromatic nitrogens is 1. The van der Waals surface area contributed by atoms with E-state index in [4.69, 9.17) is 18.9 Å². The molecule has 0 saturated carbocycles. The van der Waals surface area contributed by atoms with Crippen LogP contribution in [0.4, 0.5) is 13.2 Å². The summed E-state index contributed by atoms with van der Waals surface area (Å²) in [5.74, 6) is 0.731. The van der Waals surface area contributed by atoms with Crippen molar-refractivity contribution in [1.29, 1.82) is 0 Å². The zero-order valence-electron chi connectivity index (χ0n) is 13.9. The Hall–Kier alpha value is -2.32. The van der Waals surface area contributed by atoms with E-state index in [1.54, 1.807) is 24.5 Å². The Morgan fingerprint density at radius 3 is 2.50 bits per heavy atom. The smallest absolute Gasteiger partial charge is 0.422 e. The first-order chi connectivity index (χ1) is 12.5. The second-order valence-electron chi connectivity index (χ2n) is 5.72. The molecule has 1 aliphatic heterocycles. The first-order valence-electron chi connectivity index (χ1n) is 8.07. The molecule has 140 valence electrons. The van der Waals surface area contributed by atoms with Crippen molar-refractivity contribution in [2.24, 2.45) is 0 Å². The minimum absolute atomic E-state index is 0.113. The average Bonchev–Trinajstić information content (AvgIpc) is 2.66. The predicted octanol–water partition coefficient (Wildman–Crippen LogP) is 3.48. The van der Waals surface area contributed by atoms with E-state index >= 15 is 0 Å². The Bertz CT molecular complexity index is 700. The molecular formula is C18H18F3NO4. The number of pyridine rings is 1.